The van der Waals surface area contributed by atoms with Gasteiger partial charge in [0, 0.05) is 18.5 Å². The van der Waals surface area contributed by atoms with Crippen LogP contribution in [-0.4, -0.2) is 35.3 Å². The number of anilines is 2. The number of nitrogens with zero attached hydrogens (tertiary/aromatic N) is 2. The van der Waals surface area contributed by atoms with Crippen LogP contribution in [0, 0.1) is 13.8 Å². The molecule has 28 heavy (non-hydrogen) atoms. The molecule has 2 amide bonds. The van der Waals surface area contributed by atoms with E-state index in [9.17, 15) is 9.59 Å². The number of nitrogens with one attached hydrogen (secondary N) is 2. The lowest BCUT2D eigenvalue weighted by Gasteiger charge is -2.08. The van der Waals surface area contributed by atoms with Gasteiger partial charge in [-0.1, -0.05) is 18.2 Å². The van der Waals surface area contributed by atoms with Gasteiger partial charge in [-0.15, -0.1) is 0 Å². The van der Waals surface area contributed by atoms with Crippen molar-refractivity contribution in [1.82, 2.24) is 9.78 Å². The smallest absolute Gasteiger partial charge is 0.259 e. The van der Waals surface area contributed by atoms with Gasteiger partial charge in [-0.3, -0.25) is 9.59 Å². The van der Waals surface area contributed by atoms with Gasteiger partial charge in [0.2, 0.25) is 5.91 Å². The third kappa shape index (κ3) is 4.27. The number of para-hydroxylation sites is 1. The number of hydrogen-bond acceptors (Lipinski definition) is 4. The summed E-state index contributed by atoms with van der Waals surface area (Å²) in [5, 5.41) is 10.1. The second kappa shape index (κ2) is 8.49. The predicted molar refractivity (Wildman–Crippen MR) is 108 cm³/mol. The zero-order valence-electron chi connectivity index (χ0n) is 16.0. The number of ether oxygens (including phenoxy) is 1. The van der Waals surface area contributed by atoms with Crippen LogP contribution in [0.5, 0.6) is 0 Å². The Kier molecular flexibility index (Phi) is 5.86. The van der Waals surface area contributed by atoms with E-state index in [2.05, 4.69) is 15.7 Å². The maximum atomic E-state index is 12.8. The van der Waals surface area contributed by atoms with E-state index in [1.54, 1.807) is 28.9 Å². The number of amides is 2. The largest absolute Gasteiger partial charge is 0.375 e. The van der Waals surface area contributed by atoms with Gasteiger partial charge in [0.25, 0.3) is 5.91 Å². The van der Waals surface area contributed by atoms with Crippen LogP contribution in [0.4, 0.5) is 11.4 Å². The number of hydrogen-bond donors (Lipinski definition) is 2. The summed E-state index contributed by atoms with van der Waals surface area (Å²) >= 11 is 0. The lowest BCUT2D eigenvalue weighted by Crippen LogP contribution is -2.17. The Morgan fingerprint density at radius 1 is 0.964 bits per heavy atom. The molecule has 1 aromatic heterocycles. The third-order valence-electron chi connectivity index (χ3n) is 4.22. The molecule has 2 N–H and O–H groups in total. The molecule has 0 radical (unpaired) electrons. The second-order valence-electron chi connectivity index (χ2n) is 6.31. The van der Waals surface area contributed by atoms with Crippen molar-refractivity contribution in [2.45, 2.75) is 13.8 Å². The van der Waals surface area contributed by atoms with Crippen LogP contribution in [0.15, 0.2) is 54.6 Å². The number of carbonyl (C=O) groups excluding carboxylic acids is 2. The molecular weight excluding hydrogens is 356 g/mol. The van der Waals surface area contributed by atoms with E-state index in [4.69, 9.17) is 4.74 Å². The summed E-state index contributed by atoms with van der Waals surface area (Å²) in [6, 6.07) is 16.6. The highest BCUT2D eigenvalue weighted by Gasteiger charge is 2.19. The molecule has 0 atom stereocenters. The molecule has 3 aromatic rings. The van der Waals surface area contributed by atoms with Gasteiger partial charge in [-0.2, -0.15) is 5.10 Å². The fourth-order valence-corrected chi connectivity index (χ4v) is 2.95. The highest BCUT2D eigenvalue weighted by atomic mass is 16.5. The van der Waals surface area contributed by atoms with E-state index in [0.717, 1.165) is 11.4 Å². The van der Waals surface area contributed by atoms with E-state index >= 15 is 0 Å². The monoisotopic (exact) mass is 378 g/mol. The van der Waals surface area contributed by atoms with E-state index in [1.165, 1.54) is 7.11 Å². The van der Waals surface area contributed by atoms with Crippen molar-refractivity contribution in [2.24, 2.45) is 0 Å². The third-order valence-corrected chi connectivity index (χ3v) is 4.22. The second-order valence-corrected chi connectivity index (χ2v) is 6.31. The molecule has 0 spiro atoms. The fourth-order valence-electron chi connectivity index (χ4n) is 2.95. The maximum Gasteiger partial charge on any atom is 0.259 e. The number of aromatic nitrogens is 2. The molecule has 0 aliphatic rings. The van der Waals surface area contributed by atoms with Crippen molar-refractivity contribution < 1.29 is 14.3 Å². The topological polar surface area (TPSA) is 85.2 Å². The van der Waals surface area contributed by atoms with Crippen LogP contribution < -0.4 is 10.6 Å². The van der Waals surface area contributed by atoms with E-state index < -0.39 is 0 Å². The number of methoxy groups -OCH3 is 1. The average molecular weight is 378 g/mol. The van der Waals surface area contributed by atoms with Crippen LogP contribution in [0.25, 0.3) is 5.69 Å². The van der Waals surface area contributed by atoms with Crippen LogP contribution in [0.1, 0.15) is 21.7 Å². The molecule has 7 heteroatoms. The maximum absolute atomic E-state index is 12.8. The van der Waals surface area contributed by atoms with Gasteiger partial charge < -0.3 is 15.4 Å². The number of aryl methyl sites for hydroxylation is 1. The zero-order chi connectivity index (χ0) is 20.1. The molecule has 0 aliphatic heterocycles. The predicted octanol–water partition coefficient (Wildman–Crippen LogP) is 3.33. The molecular formula is C21H22N4O3. The summed E-state index contributed by atoms with van der Waals surface area (Å²) in [4.78, 5) is 24.3. The Balaban J connectivity index is 1.75. The molecule has 0 saturated carbocycles. The minimum Gasteiger partial charge on any atom is -0.375 e. The summed E-state index contributed by atoms with van der Waals surface area (Å²) in [6.45, 7) is 3.68. The Morgan fingerprint density at radius 2 is 1.57 bits per heavy atom. The first-order valence-corrected chi connectivity index (χ1v) is 8.81. The lowest BCUT2D eigenvalue weighted by atomic mass is 10.1. The average Bonchev–Trinajstić information content (AvgIpc) is 2.98. The summed E-state index contributed by atoms with van der Waals surface area (Å²) in [6.07, 6.45) is 0. The molecule has 0 aliphatic carbocycles. The summed E-state index contributed by atoms with van der Waals surface area (Å²) in [7, 11) is 1.46. The molecule has 0 bridgehead atoms. The van der Waals surface area contributed by atoms with Crippen LogP contribution in [0.3, 0.4) is 0 Å². The first kappa shape index (κ1) is 19.3. The lowest BCUT2D eigenvalue weighted by molar-refractivity contribution is -0.119. The molecule has 0 saturated heterocycles. The van der Waals surface area contributed by atoms with Gasteiger partial charge in [0.15, 0.2) is 0 Å². The van der Waals surface area contributed by atoms with Gasteiger partial charge >= 0.3 is 0 Å². The standard InChI is InChI=1S/C21H22N4O3/c1-14-20(15(2)25(24-14)18-7-5-4-6-8-18)21(27)23-17-11-9-16(10-12-17)22-19(26)13-28-3/h4-12H,13H2,1-3H3,(H,22,26)(H,23,27). The summed E-state index contributed by atoms with van der Waals surface area (Å²) < 4.78 is 6.54. The Hall–Kier alpha value is -3.45. The van der Waals surface area contributed by atoms with Crippen molar-refractivity contribution in [3.05, 3.63) is 71.5 Å². The fraction of sp³-hybridized carbons (Fsp3) is 0.190. The van der Waals surface area contributed by atoms with Crippen molar-refractivity contribution in [3.63, 3.8) is 0 Å². The van der Waals surface area contributed by atoms with Gasteiger partial charge in [0.05, 0.1) is 22.6 Å². The van der Waals surface area contributed by atoms with Crippen LogP contribution in [-0.2, 0) is 9.53 Å². The zero-order valence-corrected chi connectivity index (χ0v) is 16.0. The van der Waals surface area contributed by atoms with Crippen molar-refractivity contribution in [3.8, 4) is 5.69 Å². The highest BCUT2D eigenvalue weighted by molar-refractivity contribution is 6.06. The number of carbonyl (C=O) groups is 2. The molecule has 144 valence electrons. The molecule has 7 nitrogen and oxygen atoms in total. The Labute approximate surface area is 163 Å². The first-order chi connectivity index (χ1) is 13.5. The van der Waals surface area contributed by atoms with Crippen LogP contribution >= 0.6 is 0 Å². The van der Waals surface area contributed by atoms with E-state index in [1.807, 2.05) is 44.2 Å². The van der Waals surface area contributed by atoms with E-state index in [0.29, 0.717) is 22.6 Å². The number of benzene rings is 2. The molecule has 0 fully saturated rings. The Bertz CT molecular complexity index is 979. The first-order valence-electron chi connectivity index (χ1n) is 8.81. The van der Waals surface area contributed by atoms with Crippen molar-refractivity contribution in [1.29, 1.82) is 0 Å². The van der Waals surface area contributed by atoms with Crippen molar-refractivity contribution >= 4 is 23.2 Å². The Morgan fingerprint density at radius 3 is 2.18 bits per heavy atom. The van der Waals surface area contributed by atoms with Crippen LogP contribution in [0.2, 0.25) is 0 Å². The van der Waals surface area contributed by atoms with Gasteiger partial charge in [-0.25, -0.2) is 4.68 Å². The highest BCUT2D eigenvalue weighted by Crippen LogP contribution is 2.20. The minimum atomic E-state index is -0.237. The molecule has 0 unspecified atom stereocenters. The van der Waals surface area contributed by atoms with Gasteiger partial charge in [0.1, 0.15) is 6.61 Å². The number of rotatable bonds is 6. The summed E-state index contributed by atoms with van der Waals surface area (Å²) in [5.41, 5.74) is 4.12. The van der Waals surface area contributed by atoms with E-state index in [-0.39, 0.29) is 18.4 Å². The summed E-state index contributed by atoms with van der Waals surface area (Å²) in [5.74, 6) is -0.466. The molecule has 1 heterocycles. The molecule has 3 rings (SSSR count). The minimum absolute atomic E-state index is 0.0115. The van der Waals surface area contributed by atoms with Gasteiger partial charge in [-0.05, 0) is 50.2 Å². The normalized spacial score (nSPS) is 10.5. The quantitative estimate of drug-likeness (QED) is 0.689. The SMILES string of the molecule is COCC(=O)Nc1ccc(NC(=O)c2c(C)nn(-c3ccccc3)c2C)cc1. The molecule has 2 aromatic carbocycles. The van der Waals surface area contributed by atoms with Crippen molar-refractivity contribution in [2.75, 3.05) is 24.4 Å².